The molecule has 0 spiro atoms. The molecular formula is C15H19F3N2O2. The third kappa shape index (κ3) is 3.35. The minimum absolute atomic E-state index is 0.0332. The second-order valence-corrected chi connectivity index (χ2v) is 5.97. The van der Waals surface area contributed by atoms with Crippen molar-refractivity contribution >= 4 is 5.91 Å². The zero-order valence-electron chi connectivity index (χ0n) is 12.7. The van der Waals surface area contributed by atoms with Crippen molar-refractivity contribution in [1.29, 1.82) is 0 Å². The summed E-state index contributed by atoms with van der Waals surface area (Å²) >= 11 is 0. The molecule has 1 aromatic carbocycles. The number of ether oxygens (including phenoxy) is 1. The molecule has 2 rings (SSSR count). The van der Waals surface area contributed by atoms with E-state index in [9.17, 15) is 18.0 Å². The van der Waals surface area contributed by atoms with E-state index in [1.54, 1.807) is 38.1 Å². The number of hydrazine groups is 1. The molecule has 1 saturated heterocycles. The summed E-state index contributed by atoms with van der Waals surface area (Å²) in [5.74, 6) is -0.000596. The Bertz CT molecular complexity index is 558. The van der Waals surface area contributed by atoms with Gasteiger partial charge in [-0.2, -0.15) is 13.2 Å². The highest BCUT2D eigenvalue weighted by molar-refractivity contribution is 5.79. The van der Waals surface area contributed by atoms with E-state index in [2.05, 4.69) is 5.43 Å². The van der Waals surface area contributed by atoms with Crippen LogP contribution < -0.4 is 10.2 Å². The van der Waals surface area contributed by atoms with Gasteiger partial charge in [0.15, 0.2) is 0 Å². The predicted octanol–water partition coefficient (Wildman–Crippen LogP) is 2.68. The van der Waals surface area contributed by atoms with Gasteiger partial charge < -0.3 is 4.74 Å². The van der Waals surface area contributed by atoms with Crippen molar-refractivity contribution in [2.45, 2.75) is 44.4 Å². The number of carbonyl (C=O) groups is 1. The fourth-order valence-electron chi connectivity index (χ4n) is 2.74. The van der Waals surface area contributed by atoms with Crippen LogP contribution in [0.1, 0.15) is 25.8 Å². The molecule has 1 aliphatic heterocycles. The van der Waals surface area contributed by atoms with E-state index in [4.69, 9.17) is 4.74 Å². The summed E-state index contributed by atoms with van der Waals surface area (Å²) in [6.07, 6.45) is -4.74. The fourth-order valence-corrected chi connectivity index (χ4v) is 2.74. The molecule has 1 fully saturated rings. The van der Waals surface area contributed by atoms with E-state index in [-0.39, 0.29) is 12.8 Å². The van der Waals surface area contributed by atoms with Gasteiger partial charge in [-0.05, 0) is 25.5 Å². The Morgan fingerprint density at radius 2 is 2.00 bits per heavy atom. The lowest BCUT2D eigenvalue weighted by molar-refractivity contribution is -0.200. The number of carbonyl (C=O) groups excluding carboxylic acids is 1. The predicted molar refractivity (Wildman–Crippen MR) is 75.2 cm³/mol. The van der Waals surface area contributed by atoms with Crippen LogP contribution in [0.3, 0.4) is 0 Å². The molecule has 4 nitrogen and oxygen atoms in total. The Hall–Kier alpha value is -1.76. The standard InChI is InChI=1S/C15H19F3N2O2/c1-14(2)9-13(21)19-20(14)12(15(16,17)18)8-10-6-4-5-7-11(10)22-3/h4-7,12H,8-9H2,1-3H3,(H,19,21)/t12-/m0/s1. The highest BCUT2D eigenvalue weighted by Crippen LogP contribution is 2.36. The average Bonchev–Trinajstić information content (AvgIpc) is 2.67. The summed E-state index contributed by atoms with van der Waals surface area (Å²) in [4.78, 5) is 11.5. The number of hydrogen-bond acceptors (Lipinski definition) is 3. The van der Waals surface area contributed by atoms with E-state index in [0.717, 1.165) is 5.01 Å². The van der Waals surface area contributed by atoms with E-state index >= 15 is 0 Å². The molecule has 1 amide bonds. The van der Waals surface area contributed by atoms with Gasteiger partial charge in [0.1, 0.15) is 11.8 Å². The van der Waals surface area contributed by atoms with Crippen LogP contribution in [0.4, 0.5) is 13.2 Å². The van der Waals surface area contributed by atoms with Gasteiger partial charge in [0, 0.05) is 18.4 Å². The van der Waals surface area contributed by atoms with Gasteiger partial charge in [0.05, 0.1) is 7.11 Å². The molecule has 22 heavy (non-hydrogen) atoms. The summed E-state index contributed by atoms with van der Waals surface area (Å²) in [6.45, 7) is 3.23. The molecule has 122 valence electrons. The molecule has 0 unspecified atom stereocenters. The molecule has 1 aromatic rings. The van der Waals surface area contributed by atoms with E-state index in [1.165, 1.54) is 7.11 Å². The van der Waals surface area contributed by atoms with Crippen LogP contribution in [0.5, 0.6) is 5.75 Å². The lowest BCUT2D eigenvalue weighted by Crippen LogP contribution is -2.57. The Kier molecular flexibility index (Phi) is 4.37. The molecule has 1 aliphatic rings. The van der Waals surface area contributed by atoms with Gasteiger partial charge in [-0.1, -0.05) is 18.2 Å². The van der Waals surface area contributed by atoms with Crippen LogP contribution in [0.15, 0.2) is 24.3 Å². The topological polar surface area (TPSA) is 41.6 Å². The third-order valence-corrected chi connectivity index (χ3v) is 3.79. The zero-order chi connectivity index (χ0) is 16.5. The van der Waals surface area contributed by atoms with Gasteiger partial charge >= 0.3 is 6.18 Å². The molecule has 0 aromatic heterocycles. The first kappa shape index (κ1) is 16.6. The molecule has 1 heterocycles. The summed E-state index contributed by atoms with van der Waals surface area (Å²) in [5, 5.41) is 1.02. The number of nitrogens with one attached hydrogen (secondary N) is 1. The van der Waals surface area contributed by atoms with Crippen LogP contribution >= 0.6 is 0 Å². The van der Waals surface area contributed by atoms with E-state index < -0.39 is 23.7 Å². The quantitative estimate of drug-likeness (QED) is 0.928. The first-order valence-corrected chi connectivity index (χ1v) is 6.92. The second-order valence-electron chi connectivity index (χ2n) is 5.97. The van der Waals surface area contributed by atoms with Crippen molar-refractivity contribution in [3.8, 4) is 5.75 Å². The van der Waals surface area contributed by atoms with E-state index in [0.29, 0.717) is 11.3 Å². The fraction of sp³-hybridized carbons (Fsp3) is 0.533. The lowest BCUT2D eigenvalue weighted by Gasteiger charge is -2.37. The summed E-state index contributed by atoms with van der Waals surface area (Å²) in [6, 6.07) is 4.77. The zero-order valence-corrected chi connectivity index (χ0v) is 12.7. The van der Waals surface area contributed by atoms with Crippen LogP contribution in [-0.4, -0.2) is 35.8 Å². The second kappa shape index (κ2) is 5.79. The minimum Gasteiger partial charge on any atom is -0.496 e. The van der Waals surface area contributed by atoms with Gasteiger partial charge in [-0.15, -0.1) is 0 Å². The first-order chi connectivity index (χ1) is 10.1. The molecule has 7 heteroatoms. The number of halogens is 3. The monoisotopic (exact) mass is 316 g/mol. The van der Waals surface area contributed by atoms with Crippen molar-refractivity contribution < 1.29 is 22.7 Å². The number of hydrogen-bond donors (Lipinski definition) is 1. The highest BCUT2D eigenvalue weighted by Gasteiger charge is 2.52. The van der Waals surface area contributed by atoms with Crippen molar-refractivity contribution in [3.05, 3.63) is 29.8 Å². The Balaban J connectivity index is 2.34. The normalized spacial score (nSPS) is 19.8. The number of alkyl halides is 3. The lowest BCUT2D eigenvalue weighted by atomic mass is 9.97. The Morgan fingerprint density at radius 1 is 1.36 bits per heavy atom. The molecule has 0 saturated carbocycles. The van der Waals surface area contributed by atoms with Crippen molar-refractivity contribution in [2.75, 3.05) is 7.11 Å². The van der Waals surface area contributed by atoms with Crippen LogP contribution in [0.2, 0.25) is 0 Å². The maximum absolute atomic E-state index is 13.5. The largest absolute Gasteiger partial charge is 0.496 e. The summed E-state index contributed by atoms with van der Waals surface area (Å²) in [7, 11) is 1.42. The van der Waals surface area contributed by atoms with Crippen molar-refractivity contribution in [1.82, 2.24) is 10.4 Å². The number of nitrogens with zero attached hydrogens (tertiary/aromatic N) is 1. The van der Waals surface area contributed by atoms with Gasteiger partial charge in [-0.25, -0.2) is 5.01 Å². The third-order valence-electron chi connectivity index (χ3n) is 3.79. The average molecular weight is 316 g/mol. The number of methoxy groups -OCH3 is 1. The molecular weight excluding hydrogens is 297 g/mol. The maximum atomic E-state index is 13.5. The van der Waals surface area contributed by atoms with Crippen LogP contribution in [-0.2, 0) is 11.2 Å². The molecule has 0 bridgehead atoms. The number of rotatable bonds is 4. The maximum Gasteiger partial charge on any atom is 0.406 e. The number of para-hydroxylation sites is 1. The highest BCUT2D eigenvalue weighted by atomic mass is 19.4. The van der Waals surface area contributed by atoms with Crippen molar-refractivity contribution in [3.63, 3.8) is 0 Å². The Labute approximate surface area is 127 Å². The number of benzene rings is 1. The molecule has 0 aliphatic carbocycles. The van der Waals surface area contributed by atoms with Crippen LogP contribution in [0, 0.1) is 0 Å². The van der Waals surface area contributed by atoms with Crippen molar-refractivity contribution in [2.24, 2.45) is 0 Å². The smallest absolute Gasteiger partial charge is 0.406 e. The SMILES string of the molecule is COc1ccccc1C[C@H](N1NC(=O)CC1(C)C)C(F)(F)F. The summed E-state index contributed by atoms with van der Waals surface area (Å²) < 4.78 is 45.7. The summed E-state index contributed by atoms with van der Waals surface area (Å²) in [5.41, 5.74) is 1.89. The molecule has 1 atom stereocenters. The molecule has 0 radical (unpaired) electrons. The number of amides is 1. The minimum atomic E-state index is -4.48. The Morgan fingerprint density at radius 3 is 2.50 bits per heavy atom. The van der Waals surface area contributed by atoms with Crippen LogP contribution in [0.25, 0.3) is 0 Å². The molecule has 1 N–H and O–H groups in total. The van der Waals surface area contributed by atoms with Gasteiger partial charge in [-0.3, -0.25) is 10.2 Å². The first-order valence-electron chi connectivity index (χ1n) is 6.92. The van der Waals surface area contributed by atoms with Gasteiger partial charge in [0.2, 0.25) is 5.91 Å². The van der Waals surface area contributed by atoms with E-state index in [1.807, 2.05) is 0 Å². The van der Waals surface area contributed by atoms with Gasteiger partial charge in [0.25, 0.3) is 0 Å².